The predicted octanol–water partition coefficient (Wildman–Crippen LogP) is 1.40. The molecule has 0 aliphatic rings. The molecule has 0 amide bonds. The van der Waals surface area contributed by atoms with Gasteiger partial charge in [0.1, 0.15) is 5.75 Å². The van der Waals surface area contributed by atoms with Gasteiger partial charge in [-0.05, 0) is 36.8 Å². The Bertz CT molecular complexity index is 864. The summed E-state index contributed by atoms with van der Waals surface area (Å²) in [6.45, 7) is 2.28. The van der Waals surface area contributed by atoms with E-state index in [1.807, 2.05) is 16.6 Å². The van der Waals surface area contributed by atoms with Gasteiger partial charge in [-0.15, -0.1) is 9.66 Å². The van der Waals surface area contributed by atoms with Crippen LogP contribution in [0.5, 0.6) is 5.75 Å². The number of sulfonamides is 2. The fourth-order valence-corrected chi connectivity index (χ4v) is 4.15. The van der Waals surface area contributed by atoms with Crippen LogP contribution in [0.15, 0.2) is 59.5 Å². The van der Waals surface area contributed by atoms with Crippen LogP contribution in [0.1, 0.15) is 12.5 Å². The molecule has 0 atom stereocenters. The van der Waals surface area contributed by atoms with Crippen LogP contribution in [0, 0.1) is 0 Å². The minimum Gasteiger partial charge on any atom is -0.494 e. The van der Waals surface area contributed by atoms with Crippen molar-refractivity contribution in [2.75, 3.05) is 6.61 Å². The molecule has 0 aromatic heterocycles. The van der Waals surface area contributed by atoms with Crippen molar-refractivity contribution in [1.29, 1.82) is 0 Å². The molecule has 0 saturated carbocycles. The maximum absolute atomic E-state index is 12.1. The maximum atomic E-state index is 12.1. The Labute approximate surface area is 141 Å². The Kier molecular flexibility index (Phi) is 5.94. The summed E-state index contributed by atoms with van der Waals surface area (Å²) in [7, 11) is -7.87. The molecule has 0 spiro atoms. The molecule has 0 fully saturated rings. The molecule has 2 aromatic carbocycles. The number of ether oxygens (including phenoxy) is 1. The Balaban J connectivity index is 2.03. The molecule has 0 bridgehead atoms. The first-order chi connectivity index (χ1) is 11.3. The van der Waals surface area contributed by atoms with Gasteiger partial charge in [0, 0.05) is 0 Å². The Morgan fingerprint density at radius 1 is 0.875 bits per heavy atom. The number of hydrogen-bond acceptors (Lipinski definition) is 5. The Morgan fingerprint density at radius 2 is 1.50 bits per heavy atom. The summed E-state index contributed by atoms with van der Waals surface area (Å²) >= 11 is 0. The van der Waals surface area contributed by atoms with E-state index in [4.69, 9.17) is 4.74 Å². The fraction of sp³-hybridized carbons (Fsp3) is 0.200. The second kappa shape index (κ2) is 7.75. The summed E-state index contributed by atoms with van der Waals surface area (Å²) in [6, 6.07) is 14.1. The van der Waals surface area contributed by atoms with Crippen molar-refractivity contribution in [3.05, 3.63) is 60.2 Å². The van der Waals surface area contributed by atoms with Crippen molar-refractivity contribution in [2.24, 2.45) is 0 Å². The average molecular weight is 370 g/mol. The standard InChI is InChI=1S/C15H18N2O5S2/c1-2-22-14-8-10-15(11-9-14)24(20,21)17-16-23(18,19)12-13-6-4-3-5-7-13/h3-11,16-17H,2,12H2,1H3. The fourth-order valence-electron chi connectivity index (χ4n) is 1.89. The van der Waals surface area contributed by atoms with Crippen molar-refractivity contribution in [1.82, 2.24) is 9.66 Å². The summed E-state index contributed by atoms with van der Waals surface area (Å²) in [5.74, 6) is 0.195. The van der Waals surface area contributed by atoms with E-state index in [0.717, 1.165) is 0 Å². The second-order valence-electron chi connectivity index (χ2n) is 4.86. The molecule has 0 heterocycles. The molecular weight excluding hydrogens is 352 g/mol. The van der Waals surface area contributed by atoms with Gasteiger partial charge in [0.25, 0.3) is 10.0 Å². The lowest BCUT2D eigenvalue weighted by Crippen LogP contribution is -2.42. The van der Waals surface area contributed by atoms with Crippen molar-refractivity contribution in [3.8, 4) is 5.75 Å². The van der Waals surface area contributed by atoms with E-state index >= 15 is 0 Å². The quantitative estimate of drug-likeness (QED) is 0.684. The first-order valence-corrected chi connectivity index (χ1v) is 10.2. The van der Waals surface area contributed by atoms with E-state index in [-0.39, 0.29) is 10.6 Å². The van der Waals surface area contributed by atoms with Crippen LogP contribution in [-0.2, 0) is 25.8 Å². The van der Waals surface area contributed by atoms with E-state index in [0.29, 0.717) is 17.9 Å². The Morgan fingerprint density at radius 3 is 2.08 bits per heavy atom. The summed E-state index contributed by atoms with van der Waals surface area (Å²) in [6.07, 6.45) is 0. The third kappa shape index (κ3) is 5.31. The van der Waals surface area contributed by atoms with Gasteiger partial charge in [-0.3, -0.25) is 0 Å². The smallest absolute Gasteiger partial charge is 0.254 e. The van der Waals surface area contributed by atoms with Crippen LogP contribution in [0.2, 0.25) is 0 Å². The molecule has 130 valence electrons. The summed E-state index contributed by atoms with van der Waals surface area (Å²) < 4.78 is 53.4. The van der Waals surface area contributed by atoms with Gasteiger partial charge in [0.2, 0.25) is 10.0 Å². The van der Waals surface area contributed by atoms with E-state index in [1.165, 1.54) is 24.3 Å². The molecule has 9 heteroatoms. The largest absolute Gasteiger partial charge is 0.494 e. The number of benzene rings is 2. The zero-order valence-corrected chi connectivity index (χ0v) is 14.6. The van der Waals surface area contributed by atoms with Crippen LogP contribution in [-0.4, -0.2) is 23.4 Å². The first-order valence-electron chi connectivity index (χ1n) is 7.10. The predicted molar refractivity (Wildman–Crippen MR) is 90.1 cm³/mol. The number of nitrogens with one attached hydrogen (secondary N) is 2. The molecule has 0 radical (unpaired) electrons. The van der Waals surface area contributed by atoms with E-state index in [9.17, 15) is 16.8 Å². The SMILES string of the molecule is CCOc1ccc(S(=O)(=O)NNS(=O)(=O)Cc2ccccc2)cc1. The zero-order valence-electron chi connectivity index (χ0n) is 13.0. The van der Waals surface area contributed by atoms with Gasteiger partial charge >= 0.3 is 0 Å². The average Bonchev–Trinajstić information content (AvgIpc) is 2.55. The van der Waals surface area contributed by atoms with Crippen LogP contribution >= 0.6 is 0 Å². The van der Waals surface area contributed by atoms with Crippen molar-refractivity contribution >= 4 is 20.0 Å². The molecule has 0 saturated heterocycles. The summed E-state index contributed by atoms with van der Waals surface area (Å²) in [4.78, 5) is 3.69. The van der Waals surface area contributed by atoms with Gasteiger partial charge < -0.3 is 4.74 Å². The highest BCUT2D eigenvalue weighted by atomic mass is 32.2. The first kappa shape index (κ1) is 18.4. The highest BCUT2D eigenvalue weighted by Gasteiger charge is 2.18. The van der Waals surface area contributed by atoms with Gasteiger partial charge in [0.15, 0.2) is 0 Å². The summed E-state index contributed by atoms with van der Waals surface area (Å²) in [5.41, 5.74) is 0.547. The molecule has 2 aromatic rings. The number of hydrazine groups is 1. The molecule has 2 rings (SSSR count). The molecule has 2 N–H and O–H groups in total. The Hall–Kier alpha value is -1.94. The van der Waals surface area contributed by atoms with Crippen LogP contribution in [0.3, 0.4) is 0 Å². The highest BCUT2D eigenvalue weighted by Crippen LogP contribution is 2.15. The van der Waals surface area contributed by atoms with E-state index in [2.05, 4.69) is 0 Å². The number of hydrogen-bond donors (Lipinski definition) is 2. The van der Waals surface area contributed by atoms with Crippen molar-refractivity contribution in [3.63, 3.8) is 0 Å². The molecule has 0 unspecified atom stereocenters. The van der Waals surface area contributed by atoms with E-state index < -0.39 is 20.0 Å². The third-order valence-electron chi connectivity index (χ3n) is 2.98. The monoisotopic (exact) mass is 370 g/mol. The van der Waals surface area contributed by atoms with Crippen LogP contribution in [0.4, 0.5) is 0 Å². The van der Waals surface area contributed by atoms with Gasteiger partial charge in [-0.2, -0.15) is 0 Å². The van der Waals surface area contributed by atoms with Crippen molar-refractivity contribution in [2.45, 2.75) is 17.6 Å². The minimum absolute atomic E-state index is 0.0756. The molecule has 7 nitrogen and oxygen atoms in total. The topological polar surface area (TPSA) is 102 Å². The lowest BCUT2D eigenvalue weighted by atomic mass is 10.2. The normalized spacial score (nSPS) is 12.0. The van der Waals surface area contributed by atoms with Gasteiger partial charge in [-0.1, -0.05) is 30.3 Å². The van der Waals surface area contributed by atoms with Gasteiger partial charge in [-0.25, -0.2) is 16.8 Å². The molecule has 0 aliphatic heterocycles. The van der Waals surface area contributed by atoms with Crippen molar-refractivity contribution < 1.29 is 21.6 Å². The molecule has 0 aliphatic carbocycles. The highest BCUT2D eigenvalue weighted by molar-refractivity contribution is 7.92. The lowest BCUT2D eigenvalue weighted by molar-refractivity contribution is 0.340. The molecule has 24 heavy (non-hydrogen) atoms. The zero-order chi connectivity index (χ0) is 17.6. The van der Waals surface area contributed by atoms with E-state index in [1.54, 1.807) is 30.3 Å². The second-order valence-corrected chi connectivity index (χ2v) is 8.26. The third-order valence-corrected chi connectivity index (χ3v) is 5.50. The maximum Gasteiger partial charge on any atom is 0.254 e. The van der Waals surface area contributed by atoms with Gasteiger partial charge in [0.05, 0.1) is 17.3 Å². The number of rotatable bonds is 8. The summed E-state index contributed by atoms with van der Waals surface area (Å²) in [5, 5.41) is 0. The lowest BCUT2D eigenvalue weighted by Gasteiger charge is -2.10. The molecular formula is C15H18N2O5S2. The van der Waals surface area contributed by atoms with Crippen LogP contribution in [0.25, 0.3) is 0 Å². The minimum atomic E-state index is -4.01. The van der Waals surface area contributed by atoms with Crippen LogP contribution < -0.4 is 14.4 Å².